The molecule has 3 nitrogen and oxygen atoms in total. The SMILES string of the molecule is CC1(C)C(Nc2ccc(C(F)(F)F)nn2)C1(C)C. The summed E-state index contributed by atoms with van der Waals surface area (Å²) in [5, 5.41) is 9.90. The fourth-order valence-corrected chi connectivity index (χ4v) is 2.27. The van der Waals surface area contributed by atoms with E-state index in [1.807, 2.05) is 0 Å². The molecule has 1 saturated carbocycles. The smallest absolute Gasteiger partial charge is 0.365 e. The van der Waals surface area contributed by atoms with E-state index in [4.69, 9.17) is 0 Å². The summed E-state index contributed by atoms with van der Waals surface area (Å²) in [6, 6.07) is 2.45. The van der Waals surface area contributed by atoms with E-state index in [1.54, 1.807) is 0 Å². The second-order valence-corrected chi connectivity index (χ2v) is 5.82. The summed E-state index contributed by atoms with van der Waals surface area (Å²) < 4.78 is 37.0. The van der Waals surface area contributed by atoms with E-state index in [0.29, 0.717) is 5.82 Å². The highest BCUT2D eigenvalue weighted by Gasteiger charge is 2.65. The zero-order valence-corrected chi connectivity index (χ0v) is 10.8. The van der Waals surface area contributed by atoms with E-state index >= 15 is 0 Å². The highest BCUT2D eigenvalue weighted by Crippen LogP contribution is 2.63. The van der Waals surface area contributed by atoms with Crippen LogP contribution in [0.2, 0.25) is 0 Å². The molecule has 1 aromatic heterocycles. The maximum Gasteiger partial charge on any atom is 0.435 e. The number of nitrogens with zero attached hydrogens (tertiary/aromatic N) is 2. The number of anilines is 1. The number of nitrogens with one attached hydrogen (secondary N) is 1. The first-order valence-corrected chi connectivity index (χ1v) is 5.74. The molecular weight excluding hydrogens is 243 g/mol. The van der Waals surface area contributed by atoms with E-state index < -0.39 is 11.9 Å². The Bertz CT molecular complexity index is 435. The highest BCUT2D eigenvalue weighted by molar-refractivity contribution is 5.41. The molecule has 0 amide bonds. The first kappa shape index (κ1) is 13.1. The van der Waals surface area contributed by atoms with Gasteiger partial charge in [0.15, 0.2) is 5.69 Å². The Morgan fingerprint density at radius 2 is 1.61 bits per heavy atom. The van der Waals surface area contributed by atoms with Gasteiger partial charge in [0.2, 0.25) is 0 Å². The van der Waals surface area contributed by atoms with Gasteiger partial charge in [-0.05, 0) is 23.0 Å². The second-order valence-electron chi connectivity index (χ2n) is 5.82. The van der Waals surface area contributed by atoms with Crippen LogP contribution in [0.4, 0.5) is 19.0 Å². The number of hydrogen-bond donors (Lipinski definition) is 1. The third kappa shape index (κ3) is 1.93. The lowest BCUT2D eigenvalue weighted by molar-refractivity contribution is -0.141. The molecule has 1 heterocycles. The molecular formula is C12H16F3N3. The molecule has 0 bridgehead atoms. The van der Waals surface area contributed by atoms with Gasteiger partial charge in [0.05, 0.1) is 0 Å². The molecule has 0 unspecified atom stereocenters. The Balaban J connectivity index is 2.09. The van der Waals surface area contributed by atoms with Gasteiger partial charge in [-0.25, -0.2) is 0 Å². The summed E-state index contributed by atoms with van der Waals surface area (Å²) in [5.41, 5.74) is -0.781. The molecule has 18 heavy (non-hydrogen) atoms. The third-order valence-electron chi connectivity index (χ3n) is 4.27. The van der Waals surface area contributed by atoms with Crippen molar-refractivity contribution in [3.05, 3.63) is 17.8 Å². The van der Waals surface area contributed by atoms with Crippen LogP contribution in [0.15, 0.2) is 12.1 Å². The molecule has 6 heteroatoms. The number of alkyl halides is 3. The van der Waals surface area contributed by atoms with Crippen molar-refractivity contribution in [2.75, 3.05) is 5.32 Å². The van der Waals surface area contributed by atoms with Crippen LogP contribution in [-0.2, 0) is 6.18 Å². The van der Waals surface area contributed by atoms with Gasteiger partial charge in [-0.2, -0.15) is 13.2 Å². The Kier molecular flexibility index (Phi) is 2.61. The molecule has 0 aromatic carbocycles. The monoisotopic (exact) mass is 259 g/mol. The summed E-state index contributed by atoms with van der Waals surface area (Å²) in [5.74, 6) is 0.381. The lowest BCUT2D eigenvalue weighted by atomic mass is 10.0. The number of rotatable bonds is 2. The quantitative estimate of drug-likeness (QED) is 0.885. The summed E-state index contributed by atoms with van der Waals surface area (Å²) in [7, 11) is 0. The van der Waals surface area contributed by atoms with Gasteiger partial charge < -0.3 is 5.32 Å². The number of hydrogen-bond acceptors (Lipinski definition) is 3. The van der Waals surface area contributed by atoms with E-state index in [2.05, 4.69) is 43.2 Å². The molecule has 0 saturated heterocycles. The van der Waals surface area contributed by atoms with Gasteiger partial charge in [-0.15, -0.1) is 10.2 Å². The Morgan fingerprint density at radius 3 is 1.94 bits per heavy atom. The lowest BCUT2D eigenvalue weighted by Crippen LogP contribution is -2.14. The topological polar surface area (TPSA) is 37.8 Å². The zero-order valence-electron chi connectivity index (χ0n) is 10.8. The summed E-state index contributed by atoms with van der Waals surface area (Å²) in [6.45, 7) is 8.45. The van der Waals surface area contributed by atoms with Gasteiger partial charge in [0, 0.05) is 6.04 Å². The van der Waals surface area contributed by atoms with Gasteiger partial charge in [-0.3, -0.25) is 0 Å². The fraction of sp³-hybridized carbons (Fsp3) is 0.667. The molecule has 0 spiro atoms. The van der Waals surface area contributed by atoms with Crippen molar-refractivity contribution in [2.24, 2.45) is 10.8 Å². The second kappa shape index (κ2) is 3.59. The standard InChI is InChI=1S/C12H16F3N3/c1-10(2)9(11(10,3)4)16-8-6-5-7(17-18-8)12(13,14)15/h5-6,9H,1-4H3,(H,16,18). The normalized spacial score (nSPS) is 21.7. The van der Waals surface area contributed by atoms with Crippen LogP contribution in [0.3, 0.4) is 0 Å². The minimum Gasteiger partial charge on any atom is -0.365 e. The predicted octanol–water partition coefficient (Wildman–Crippen LogP) is 3.34. The van der Waals surface area contributed by atoms with E-state index in [1.165, 1.54) is 6.07 Å². The van der Waals surface area contributed by atoms with E-state index in [9.17, 15) is 13.2 Å². The van der Waals surface area contributed by atoms with Crippen LogP contribution in [0.25, 0.3) is 0 Å². The zero-order chi connectivity index (χ0) is 13.8. The molecule has 1 aliphatic carbocycles. The Morgan fingerprint density at radius 1 is 1.06 bits per heavy atom. The molecule has 100 valence electrons. The molecule has 0 radical (unpaired) electrons. The van der Waals surface area contributed by atoms with E-state index in [-0.39, 0.29) is 16.9 Å². The van der Waals surface area contributed by atoms with Crippen LogP contribution in [0.5, 0.6) is 0 Å². The van der Waals surface area contributed by atoms with Crippen LogP contribution in [-0.4, -0.2) is 16.2 Å². The molecule has 0 aliphatic heterocycles. The maximum absolute atomic E-state index is 12.3. The maximum atomic E-state index is 12.3. The summed E-state index contributed by atoms with van der Waals surface area (Å²) in [4.78, 5) is 0. The van der Waals surface area contributed by atoms with Crippen LogP contribution < -0.4 is 5.32 Å². The average Bonchev–Trinajstić information content (AvgIpc) is 2.60. The molecule has 1 aliphatic rings. The largest absolute Gasteiger partial charge is 0.435 e. The average molecular weight is 259 g/mol. The molecule has 1 fully saturated rings. The van der Waals surface area contributed by atoms with Gasteiger partial charge in [-0.1, -0.05) is 27.7 Å². The first-order chi connectivity index (χ1) is 8.07. The summed E-state index contributed by atoms with van der Waals surface area (Å²) >= 11 is 0. The first-order valence-electron chi connectivity index (χ1n) is 5.74. The molecule has 1 N–H and O–H groups in total. The third-order valence-corrected chi connectivity index (χ3v) is 4.27. The van der Waals surface area contributed by atoms with E-state index in [0.717, 1.165) is 6.07 Å². The number of halogens is 3. The minimum atomic E-state index is -4.44. The Labute approximate surface area is 104 Å². The van der Waals surface area contributed by atoms with Crippen molar-refractivity contribution in [2.45, 2.75) is 39.9 Å². The van der Waals surface area contributed by atoms with Crippen molar-refractivity contribution >= 4 is 5.82 Å². The van der Waals surface area contributed by atoms with Crippen molar-refractivity contribution in [1.82, 2.24) is 10.2 Å². The van der Waals surface area contributed by atoms with Crippen LogP contribution >= 0.6 is 0 Å². The fourth-order valence-electron chi connectivity index (χ4n) is 2.27. The van der Waals surface area contributed by atoms with Crippen LogP contribution in [0.1, 0.15) is 33.4 Å². The highest BCUT2D eigenvalue weighted by atomic mass is 19.4. The van der Waals surface area contributed by atoms with Crippen molar-refractivity contribution in [3.63, 3.8) is 0 Å². The lowest BCUT2D eigenvalue weighted by Gasteiger charge is -2.08. The summed E-state index contributed by atoms with van der Waals surface area (Å²) in [6.07, 6.45) is -4.44. The van der Waals surface area contributed by atoms with Crippen LogP contribution in [0, 0.1) is 10.8 Å². The van der Waals surface area contributed by atoms with Crippen molar-refractivity contribution in [3.8, 4) is 0 Å². The Hall–Kier alpha value is -1.33. The van der Waals surface area contributed by atoms with Crippen molar-refractivity contribution in [1.29, 1.82) is 0 Å². The van der Waals surface area contributed by atoms with Crippen molar-refractivity contribution < 1.29 is 13.2 Å². The minimum absolute atomic E-state index is 0.0946. The van der Waals surface area contributed by atoms with Gasteiger partial charge in [0.25, 0.3) is 0 Å². The predicted molar refractivity (Wildman–Crippen MR) is 62.0 cm³/mol. The van der Waals surface area contributed by atoms with Gasteiger partial charge >= 0.3 is 6.18 Å². The number of aromatic nitrogens is 2. The molecule has 2 rings (SSSR count). The molecule has 0 atom stereocenters. The van der Waals surface area contributed by atoms with Gasteiger partial charge in [0.1, 0.15) is 5.82 Å². The molecule has 1 aromatic rings.